The van der Waals surface area contributed by atoms with Gasteiger partial charge >= 0.3 is 6.18 Å². The van der Waals surface area contributed by atoms with Crippen LogP contribution in [0.4, 0.5) is 13.2 Å². The maximum atomic E-state index is 12.2. The van der Waals surface area contributed by atoms with Gasteiger partial charge in [0.15, 0.2) is 0 Å². The van der Waals surface area contributed by atoms with Crippen LogP contribution in [0.3, 0.4) is 0 Å². The van der Waals surface area contributed by atoms with E-state index in [1.807, 2.05) is 0 Å². The van der Waals surface area contributed by atoms with Crippen LogP contribution in [-0.4, -0.2) is 23.3 Å². The first-order chi connectivity index (χ1) is 6.95. The van der Waals surface area contributed by atoms with Crippen molar-refractivity contribution in [2.24, 2.45) is 0 Å². The van der Waals surface area contributed by atoms with Crippen LogP contribution in [0.1, 0.15) is 5.56 Å². The lowest BCUT2D eigenvalue weighted by atomic mass is 10.3. The lowest BCUT2D eigenvalue weighted by molar-refractivity contribution is -0.137. The minimum atomic E-state index is -4.43. The first-order valence-electron chi connectivity index (χ1n) is 3.91. The molecule has 0 amide bonds. The summed E-state index contributed by atoms with van der Waals surface area (Å²) in [6, 6.07) is 0.875. The quantitative estimate of drug-likeness (QED) is 0.926. The van der Waals surface area contributed by atoms with Gasteiger partial charge in [0.25, 0.3) is 0 Å². The number of hydrogen-bond acceptors (Lipinski definition) is 3. The average Bonchev–Trinajstić information content (AvgIpc) is 2.14. The molecular weight excluding hydrogens is 279 g/mol. The molecule has 1 aromatic heterocycles. The Kier molecular flexibility index (Phi) is 3.92. The summed E-state index contributed by atoms with van der Waals surface area (Å²) in [5.74, 6) is 0.0250. The van der Waals surface area contributed by atoms with Crippen molar-refractivity contribution in [1.29, 1.82) is 0 Å². The second-order valence-electron chi connectivity index (χ2n) is 2.58. The predicted octanol–water partition coefficient (Wildman–Crippen LogP) is 2.23. The molecule has 0 radical (unpaired) electrons. The van der Waals surface area contributed by atoms with Gasteiger partial charge in [0, 0.05) is 6.20 Å². The third-order valence-electron chi connectivity index (χ3n) is 1.46. The van der Waals surface area contributed by atoms with Crippen molar-refractivity contribution < 1.29 is 23.0 Å². The van der Waals surface area contributed by atoms with Crippen LogP contribution in [0.5, 0.6) is 5.88 Å². The molecule has 15 heavy (non-hydrogen) atoms. The summed E-state index contributed by atoms with van der Waals surface area (Å²) in [4.78, 5) is 3.48. The van der Waals surface area contributed by atoms with Crippen molar-refractivity contribution in [2.75, 3.05) is 13.2 Å². The number of alkyl halides is 3. The Morgan fingerprint density at radius 3 is 2.60 bits per heavy atom. The van der Waals surface area contributed by atoms with Crippen molar-refractivity contribution in [1.82, 2.24) is 4.98 Å². The van der Waals surface area contributed by atoms with Crippen molar-refractivity contribution in [3.63, 3.8) is 0 Å². The highest BCUT2D eigenvalue weighted by Gasteiger charge is 2.31. The topological polar surface area (TPSA) is 42.4 Å². The molecule has 0 aliphatic heterocycles. The molecule has 1 aromatic rings. The molecular formula is C8H7BrF3NO2. The van der Waals surface area contributed by atoms with E-state index < -0.39 is 11.7 Å². The third-order valence-corrected chi connectivity index (χ3v) is 2.03. The number of aliphatic hydroxyl groups is 1. The molecule has 1 rings (SSSR count). The number of nitrogens with zero attached hydrogens (tertiary/aromatic N) is 1. The van der Waals surface area contributed by atoms with Gasteiger partial charge in [0.2, 0.25) is 5.88 Å². The van der Waals surface area contributed by atoms with Gasteiger partial charge in [-0.05, 0) is 22.0 Å². The van der Waals surface area contributed by atoms with Gasteiger partial charge in [0.1, 0.15) is 6.61 Å². The zero-order chi connectivity index (χ0) is 11.5. The van der Waals surface area contributed by atoms with Crippen LogP contribution in [0, 0.1) is 0 Å². The van der Waals surface area contributed by atoms with Crippen LogP contribution in [0.15, 0.2) is 16.7 Å². The standard InChI is InChI=1S/C8H7BrF3NO2/c9-6-3-5(8(10,11)12)4-13-7(6)15-2-1-14/h3-4,14H,1-2H2. The third kappa shape index (κ3) is 3.35. The van der Waals surface area contributed by atoms with Crippen LogP contribution in [-0.2, 0) is 6.18 Å². The smallest absolute Gasteiger partial charge is 0.417 e. The van der Waals surface area contributed by atoms with Gasteiger partial charge in [-0.15, -0.1) is 0 Å². The molecule has 0 spiro atoms. The van der Waals surface area contributed by atoms with E-state index in [4.69, 9.17) is 9.84 Å². The second-order valence-corrected chi connectivity index (χ2v) is 3.44. The van der Waals surface area contributed by atoms with Gasteiger partial charge in [-0.3, -0.25) is 0 Å². The van der Waals surface area contributed by atoms with Crippen molar-refractivity contribution in [2.45, 2.75) is 6.18 Å². The molecule has 1 heterocycles. The van der Waals surface area contributed by atoms with Crippen LogP contribution in [0.25, 0.3) is 0 Å². The van der Waals surface area contributed by atoms with Gasteiger partial charge < -0.3 is 9.84 Å². The Labute approximate surface area is 92.0 Å². The van der Waals surface area contributed by atoms with E-state index in [1.165, 1.54) is 0 Å². The van der Waals surface area contributed by atoms with Gasteiger partial charge in [0.05, 0.1) is 16.6 Å². The molecule has 0 aromatic carbocycles. The van der Waals surface area contributed by atoms with E-state index in [-0.39, 0.29) is 23.6 Å². The van der Waals surface area contributed by atoms with Crippen LogP contribution in [0.2, 0.25) is 0 Å². The Morgan fingerprint density at radius 1 is 1.47 bits per heavy atom. The van der Waals surface area contributed by atoms with Crippen molar-refractivity contribution in [3.8, 4) is 5.88 Å². The summed E-state index contributed by atoms with van der Waals surface area (Å²) in [6.45, 7) is -0.244. The normalized spacial score (nSPS) is 11.5. The number of hydrogen-bond donors (Lipinski definition) is 1. The number of halogens is 4. The van der Waals surface area contributed by atoms with Crippen molar-refractivity contribution in [3.05, 3.63) is 22.3 Å². The first-order valence-corrected chi connectivity index (χ1v) is 4.71. The summed E-state index contributed by atoms with van der Waals surface area (Å²) in [5.41, 5.74) is -0.856. The van der Waals surface area contributed by atoms with E-state index in [2.05, 4.69) is 20.9 Å². The van der Waals surface area contributed by atoms with E-state index >= 15 is 0 Å². The molecule has 0 bridgehead atoms. The Bertz CT molecular complexity index is 343. The molecule has 7 heteroatoms. The molecule has 3 nitrogen and oxygen atoms in total. The fourth-order valence-corrected chi connectivity index (χ4v) is 1.29. The summed E-state index contributed by atoms with van der Waals surface area (Å²) < 4.78 is 41.6. The molecule has 0 fully saturated rings. The molecule has 0 aliphatic rings. The Morgan fingerprint density at radius 2 is 2.13 bits per heavy atom. The Balaban J connectivity index is 2.88. The summed E-state index contributed by atoms with van der Waals surface area (Å²) in [5, 5.41) is 8.45. The van der Waals surface area contributed by atoms with E-state index in [9.17, 15) is 13.2 Å². The van der Waals surface area contributed by atoms with Gasteiger partial charge in [-0.25, -0.2) is 4.98 Å². The number of pyridine rings is 1. The maximum Gasteiger partial charge on any atom is 0.417 e. The highest BCUT2D eigenvalue weighted by Crippen LogP contribution is 2.33. The largest absolute Gasteiger partial charge is 0.474 e. The predicted molar refractivity (Wildman–Crippen MR) is 49.5 cm³/mol. The van der Waals surface area contributed by atoms with Gasteiger partial charge in [-0.1, -0.05) is 0 Å². The highest BCUT2D eigenvalue weighted by atomic mass is 79.9. The zero-order valence-electron chi connectivity index (χ0n) is 7.38. The molecule has 0 saturated carbocycles. The molecule has 0 atom stereocenters. The minimum absolute atomic E-state index is 0.0169. The van der Waals surface area contributed by atoms with Crippen LogP contribution < -0.4 is 4.74 Å². The highest BCUT2D eigenvalue weighted by molar-refractivity contribution is 9.10. The Hall–Kier alpha value is -0.820. The molecule has 84 valence electrons. The summed E-state index contributed by atoms with van der Waals surface area (Å²) in [6.07, 6.45) is -3.75. The number of ether oxygens (including phenoxy) is 1. The fraction of sp³-hybridized carbons (Fsp3) is 0.375. The molecule has 0 saturated heterocycles. The zero-order valence-corrected chi connectivity index (χ0v) is 8.97. The van der Waals surface area contributed by atoms with Gasteiger partial charge in [-0.2, -0.15) is 13.2 Å². The van der Waals surface area contributed by atoms with E-state index in [1.54, 1.807) is 0 Å². The fourth-order valence-electron chi connectivity index (χ4n) is 0.829. The maximum absolute atomic E-state index is 12.2. The minimum Gasteiger partial charge on any atom is -0.474 e. The summed E-state index contributed by atoms with van der Waals surface area (Å²) in [7, 11) is 0. The first kappa shape index (κ1) is 12.3. The number of aromatic nitrogens is 1. The number of aliphatic hydroxyl groups excluding tert-OH is 1. The number of rotatable bonds is 3. The molecule has 0 aliphatic carbocycles. The second kappa shape index (κ2) is 4.80. The molecule has 1 N–H and O–H groups in total. The average molecular weight is 286 g/mol. The van der Waals surface area contributed by atoms with E-state index in [0.29, 0.717) is 6.20 Å². The monoisotopic (exact) mass is 285 g/mol. The van der Waals surface area contributed by atoms with Crippen molar-refractivity contribution >= 4 is 15.9 Å². The lowest BCUT2D eigenvalue weighted by Gasteiger charge is -2.09. The lowest BCUT2D eigenvalue weighted by Crippen LogP contribution is -2.08. The van der Waals surface area contributed by atoms with E-state index in [0.717, 1.165) is 6.07 Å². The summed E-state index contributed by atoms with van der Waals surface area (Å²) >= 11 is 2.90. The van der Waals surface area contributed by atoms with Crippen LogP contribution >= 0.6 is 15.9 Å². The SMILES string of the molecule is OCCOc1ncc(C(F)(F)F)cc1Br. The molecule has 0 unspecified atom stereocenters.